The van der Waals surface area contributed by atoms with Crippen LogP contribution in [0.3, 0.4) is 0 Å². The topological polar surface area (TPSA) is 30.2 Å². The fourth-order valence-corrected chi connectivity index (χ4v) is 1.84. The molecule has 2 aromatic heterocycles. The monoisotopic (exact) mass is 231 g/mol. The van der Waals surface area contributed by atoms with Crippen LogP contribution in [-0.2, 0) is 5.41 Å². The fourth-order valence-electron chi connectivity index (χ4n) is 1.84. The first-order valence-electron chi connectivity index (χ1n) is 6.04. The molecule has 0 aliphatic carbocycles. The maximum Gasteiger partial charge on any atom is 0.159 e. The van der Waals surface area contributed by atoms with Gasteiger partial charge in [0.2, 0.25) is 0 Å². The van der Waals surface area contributed by atoms with E-state index in [-0.39, 0.29) is 10.8 Å². The molecular formula is C14H21N3. The van der Waals surface area contributed by atoms with E-state index in [4.69, 9.17) is 0 Å². The molecule has 92 valence electrons. The van der Waals surface area contributed by atoms with Gasteiger partial charge in [-0.3, -0.25) is 4.98 Å². The lowest BCUT2D eigenvalue weighted by Gasteiger charge is -2.38. The summed E-state index contributed by atoms with van der Waals surface area (Å²) in [5.41, 5.74) is 3.31. The van der Waals surface area contributed by atoms with Gasteiger partial charge in [0.05, 0.1) is 5.69 Å². The van der Waals surface area contributed by atoms with Crippen molar-refractivity contribution in [3.05, 3.63) is 30.0 Å². The number of nitrogens with zero attached hydrogens (tertiary/aromatic N) is 3. The SMILES string of the molecule is Cc1cnc2c(C(C)(C)C(C)(C)C)nccn12. The summed E-state index contributed by atoms with van der Waals surface area (Å²) in [6, 6.07) is 0. The Morgan fingerprint density at radius 3 is 2.29 bits per heavy atom. The van der Waals surface area contributed by atoms with Crippen LogP contribution in [0.25, 0.3) is 5.65 Å². The van der Waals surface area contributed by atoms with Gasteiger partial charge in [-0.2, -0.15) is 0 Å². The zero-order valence-corrected chi connectivity index (χ0v) is 11.6. The molecular weight excluding hydrogens is 210 g/mol. The number of imidazole rings is 1. The van der Waals surface area contributed by atoms with E-state index in [9.17, 15) is 0 Å². The number of aryl methyl sites for hydroxylation is 1. The number of fused-ring (bicyclic) bond motifs is 1. The molecule has 0 aliphatic heterocycles. The number of aromatic nitrogens is 3. The summed E-state index contributed by atoms with van der Waals surface area (Å²) in [6.45, 7) is 13.3. The molecule has 2 aromatic rings. The van der Waals surface area contributed by atoms with Crippen molar-refractivity contribution in [2.45, 2.75) is 47.0 Å². The molecule has 0 saturated carbocycles. The van der Waals surface area contributed by atoms with Crippen molar-refractivity contribution >= 4 is 5.65 Å². The van der Waals surface area contributed by atoms with E-state index >= 15 is 0 Å². The fraction of sp³-hybridized carbons (Fsp3) is 0.571. The lowest BCUT2D eigenvalue weighted by atomic mass is 9.67. The van der Waals surface area contributed by atoms with Gasteiger partial charge in [-0.25, -0.2) is 4.98 Å². The summed E-state index contributed by atoms with van der Waals surface area (Å²) in [5, 5.41) is 0. The van der Waals surface area contributed by atoms with E-state index in [0.717, 1.165) is 17.0 Å². The third kappa shape index (κ3) is 1.74. The first kappa shape index (κ1) is 12.1. The van der Waals surface area contributed by atoms with E-state index in [2.05, 4.69) is 55.9 Å². The molecule has 0 aliphatic rings. The smallest absolute Gasteiger partial charge is 0.159 e. The molecule has 3 nitrogen and oxygen atoms in total. The van der Waals surface area contributed by atoms with Crippen molar-refractivity contribution in [1.82, 2.24) is 14.4 Å². The zero-order valence-electron chi connectivity index (χ0n) is 11.6. The number of rotatable bonds is 1. The largest absolute Gasteiger partial charge is 0.301 e. The molecule has 0 spiro atoms. The van der Waals surface area contributed by atoms with Crippen LogP contribution >= 0.6 is 0 Å². The highest BCUT2D eigenvalue weighted by atomic mass is 15.0. The number of hydrogen-bond acceptors (Lipinski definition) is 2. The first-order valence-corrected chi connectivity index (χ1v) is 6.04. The normalized spacial score (nSPS) is 13.3. The van der Waals surface area contributed by atoms with E-state index in [1.807, 2.05) is 18.6 Å². The molecule has 0 radical (unpaired) electrons. The molecule has 0 bridgehead atoms. The van der Waals surface area contributed by atoms with Crippen LogP contribution in [0, 0.1) is 12.3 Å². The molecule has 0 amide bonds. The third-order valence-corrected chi connectivity index (χ3v) is 4.08. The minimum atomic E-state index is -0.0205. The molecule has 0 saturated heterocycles. The third-order valence-electron chi connectivity index (χ3n) is 4.08. The molecule has 0 fully saturated rings. The van der Waals surface area contributed by atoms with Gasteiger partial charge in [-0.05, 0) is 12.3 Å². The van der Waals surface area contributed by atoms with Crippen molar-refractivity contribution in [2.75, 3.05) is 0 Å². The summed E-state index contributed by atoms with van der Waals surface area (Å²) >= 11 is 0. The number of hydrogen-bond donors (Lipinski definition) is 0. The Balaban J connectivity index is 2.72. The van der Waals surface area contributed by atoms with Crippen LogP contribution in [-0.4, -0.2) is 14.4 Å². The standard InChI is InChI=1S/C14H21N3/c1-10-9-16-12-11(15-7-8-17(10)12)14(5,6)13(2,3)4/h7-9H,1-6H3. The summed E-state index contributed by atoms with van der Waals surface area (Å²) in [5.74, 6) is 0. The molecule has 17 heavy (non-hydrogen) atoms. The van der Waals surface area contributed by atoms with E-state index < -0.39 is 0 Å². The predicted octanol–water partition coefficient (Wildman–Crippen LogP) is 3.36. The second kappa shape index (κ2) is 3.56. The quantitative estimate of drug-likeness (QED) is 0.753. The van der Waals surface area contributed by atoms with E-state index in [1.54, 1.807) is 0 Å². The highest BCUT2D eigenvalue weighted by molar-refractivity contribution is 5.49. The van der Waals surface area contributed by atoms with Crippen LogP contribution in [0.15, 0.2) is 18.6 Å². The summed E-state index contributed by atoms with van der Waals surface area (Å²) in [6.07, 6.45) is 5.74. The van der Waals surface area contributed by atoms with Crippen LogP contribution in [0.5, 0.6) is 0 Å². The maximum atomic E-state index is 4.58. The lowest BCUT2D eigenvalue weighted by Crippen LogP contribution is -2.35. The molecule has 0 N–H and O–H groups in total. The van der Waals surface area contributed by atoms with Crippen LogP contribution in [0.1, 0.15) is 46.0 Å². The highest BCUT2D eigenvalue weighted by Crippen LogP contribution is 2.41. The Morgan fingerprint density at radius 2 is 1.71 bits per heavy atom. The van der Waals surface area contributed by atoms with Gasteiger partial charge in [-0.1, -0.05) is 34.6 Å². The lowest BCUT2D eigenvalue weighted by molar-refractivity contribution is 0.221. The zero-order chi connectivity index (χ0) is 12.8. The average Bonchev–Trinajstić information content (AvgIpc) is 2.59. The van der Waals surface area contributed by atoms with Gasteiger partial charge >= 0.3 is 0 Å². The van der Waals surface area contributed by atoms with Gasteiger partial charge in [0, 0.05) is 29.7 Å². The van der Waals surface area contributed by atoms with Gasteiger partial charge in [0.1, 0.15) is 0 Å². The predicted molar refractivity (Wildman–Crippen MR) is 70.2 cm³/mol. The molecule has 0 unspecified atom stereocenters. The summed E-state index contributed by atoms with van der Waals surface area (Å²) in [7, 11) is 0. The molecule has 0 atom stereocenters. The van der Waals surface area contributed by atoms with Gasteiger partial charge < -0.3 is 4.40 Å². The Morgan fingerprint density at radius 1 is 1.06 bits per heavy atom. The highest BCUT2D eigenvalue weighted by Gasteiger charge is 2.37. The van der Waals surface area contributed by atoms with Gasteiger partial charge in [-0.15, -0.1) is 0 Å². The van der Waals surface area contributed by atoms with Crippen molar-refractivity contribution in [1.29, 1.82) is 0 Å². The summed E-state index contributed by atoms with van der Waals surface area (Å²) < 4.78 is 2.11. The minimum absolute atomic E-state index is 0.0205. The Bertz CT molecular complexity index is 544. The van der Waals surface area contributed by atoms with Crippen molar-refractivity contribution in [3.8, 4) is 0 Å². The van der Waals surface area contributed by atoms with Crippen molar-refractivity contribution in [2.24, 2.45) is 5.41 Å². The second-order valence-electron chi connectivity index (χ2n) is 6.24. The van der Waals surface area contributed by atoms with Gasteiger partial charge in [0.25, 0.3) is 0 Å². The molecule has 2 heterocycles. The summed E-state index contributed by atoms with van der Waals surface area (Å²) in [4.78, 5) is 9.07. The molecule has 0 aromatic carbocycles. The maximum absolute atomic E-state index is 4.58. The van der Waals surface area contributed by atoms with E-state index in [0.29, 0.717) is 0 Å². The minimum Gasteiger partial charge on any atom is -0.301 e. The van der Waals surface area contributed by atoms with Crippen molar-refractivity contribution < 1.29 is 0 Å². The molecule has 2 rings (SSSR count). The molecule has 3 heteroatoms. The van der Waals surface area contributed by atoms with Gasteiger partial charge in [0.15, 0.2) is 5.65 Å². The Hall–Kier alpha value is -1.38. The van der Waals surface area contributed by atoms with Crippen LogP contribution in [0.4, 0.5) is 0 Å². The van der Waals surface area contributed by atoms with Crippen LogP contribution in [0.2, 0.25) is 0 Å². The van der Waals surface area contributed by atoms with E-state index in [1.165, 1.54) is 0 Å². The van der Waals surface area contributed by atoms with Crippen LogP contribution < -0.4 is 0 Å². The average molecular weight is 231 g/mol. The Kier molecular flexibility index (Phi) is 2.53. The van der Waals surface area contributed by atoms with Crippen molar-refractivity contribution in [3.63, 3.8) is 0 Å². The first-order chi connectivity index (χ1) is 7.75. The second-order valence-corrected chi connectivity index (χ2v) is 6.24. The Labute approximate surface area is 103 Å².